The van der Waals surface area contributed by atoms with Crippen molar-refractivity contribution in [2.24, 2.45) is 0 Å². The number of carbonyl (C=O) groups excluding carboxylic acids is 2. The van der Waals surface area contributed by atoms with E-state index in [0.717, 1.165) is 5.56 Å². The van der Waals surface area contributed by atoms with Crippen LogP contribution in [0.1, 0.15) is 49.2 Å². The second kappa shape index (κ2) is 7.52. The highest BCUT2D eigenvalue weighted by atomic mass is 35.5. The van der Waals surface area contributed by atoms with Gasteiger partial charge >= 0.3 is 12.1 Å². The van der Waals surface area contributed by atoms with Crippen molar-refractivity contribution in [3.63, 3.8) is 0 Å². The largest absolute Gasteiger partial charge is 0.496 e. The van der Waals surface area contributed by atoms with Crippen molar-refractivity contribution in [3.05, 3.63) is 29.3 Å². The summed E-state index contributed by atoms with van der Waals surface area (Å²) in [6.07, 6.45) is 0.193. The van der Waals surface area contributed by atoms with Crippen LogP contribution in [0, 0.1) is 0 Å². The Morgan fingerprint density at radius 1 is 1.24 bits per heavy atom. The van der Waals surface area contributed by atoms with Gasteiger partial charge in [0.15, 0.2) is 0 Å². The summed E-state index contributed by atoms with van der Waals surface area (Å²) in [6.45, 7) is 5.87. The topological polar surface area (TPSA) is 65.1 Å². The van der Waals surface area contributed by atoms with Gasteiger partial charge in [-0.3, -0.25) is 4.90 Å². The molecule has 138 valence electrons. The summed E-state index contributed by atoms with van der Waals surface area (Å²) in [6, 6.07) is 4.92. The standard InChI is InChI=1S/C18H24ClNO5/c1-18(2,3)25-17(22)20-10-12(19)9-14(20)11-6-7-13(16(21)24-5)15(8-11)23-4/h6-8,12,14H,9-10H2,1-5H3/t12-,14-/m0/s1. The second-order valence-corrected chi connectivity index (χ2v) is 7.55. The average Bonchev–Trinajstić information content (AvgIpc) is 2.94. The molecule has 1 fully saturated rings. The van der Waals surface area contributed by atoms with E-state index in [0.29, 0.717) is 24.3 Å². The van der Waals surface area contributed by atoms with Gasteiger partial charge in [0.1, 0.15) is 16.9 Å². The van der Waals surface area contributed by atoms with Crippen molar-refractivity contribution in [2.45, 2.75) is 44.2 Å². The van der Waals surface area contributed by atoms with Crippen molar-refractivity contribution >= 4 is 23.7 Å². The van der Waals surface area contributed by atoms with Crippen molar-refractivity contribution in [2.75, 3.05) is 20.8 Å². The number of hydrogen-bond acceptors (Lipinski definition) is 5. The zero-order valence-corrected chi connectivity index (χ0v) is 15.9. The molecule has 1 aromatic rings. The van der Waals surface area contributed by atoms with Crippen LogP contribution >= 0.6 is 11.6 Å². The normalized spacial score (nSPS) is 20.3. The lowest BCUT2D eigenvalue weighted by molar-refractivity contribution is 0.0224. The lowest BCUT2D eigenvalue weighted by Crippen LogP contribution is -2.36. The van der Waals surface area contributed by atoms with E-state index in [1.54, 1.807) is 23.1 Å². The zero-order chi connectivity index (χ0) is 18.8. The fourth-order valence-electron chi connectivity index (χ4n) is 2.82. The molecule has 1 heterocycles. The molecule has 1 aliphatic rings. The molecule has 0 radical (unpaired) electrons. The molecule has 7 heteroatoms. The summed E-state index contributed by atoms with van der Waals surface area (Å²) >= 11 is 6.29. The van der Waals surface area contributed by atoms with Gasteiger partial charge in [0.25, 0.3) is 0 Å². The number of nitrogens with zero attached hydrogens (tertiary/aromatic N) is 1. The summed E-state index contributed by atoms with van der Waals surface area (Å²) < 4.78 is 15.5. The Morgan fingerprint density at radius 3 is 2.48 bits per heavy atom. The van der Waals surface area contributed by atoms with Crippen LogP contribution in [0.2, 0.25) is 0 Å². The highest BCUT2D eigenvalue weighted by Crippen LogP contribution is 2.37. The summed E-state index contributed by atoms with van der Waals surface area (Å²) in [7, 11) is 2.80. The first-order chi connectivity index (χ1) is 11.7. The predicted octanol–water partition coefficient (Wildman–Crippen LogP) is 3.77. The monoisotopic (exact) mass is 369 g/mol. The molecule has 0 saturated carbocycles. The molecular formula is C18H24ClNO5. The quantitative estimate of drug-likeness (QED) is 0.599. The van der Waals surface area contributed by atoms with E-state index in [1.807, 2.05) is 20.8 Å². The third-order valence-corrected chi connectivity index (χ3v) is 4.21. The Labute approximate surface area is 153 Å². The van der Waals surface area contributed by atoms with Gasteiger partial charge in [-0.15, -0.1) is 11.6 Å². The van der Waals surface area contributed by atoms with Crippen LogP contribution in [-0.2, 0) is 9.47 Å². The number of methoxy groups -OCH3 is 2. The first-order valence-electron chi connectivity index (χ1n) is 8.06. The fourth-order valence-corrected chi connectivity index (χ4v) is 3.13. The number of esters is 1. The van der Waals surface area contributed by atoms with Crippen LogP contribution in [0.15, 0.2) is 18.2 Å². The Kier molecular flexibility index (Phi) is 5.83. The second-order valence-electron chi connectivity index (χ2n) is 6.93. The predicted molar refractivity (Wildman–Crippen MR) is 94.3 cm³/mol. The SMILES string of the molecule is COC(=O)c1ccc([C@@H]2C[C@H](Cl)CN2C(=O)OC(C)(C)C)cc1OC. The highest BCUT2D eigenvalue weighted by molar-refractivity contribution is 6.21. The molecule has 0 bridgehead atoms. The molecule has 1 amide bonds. The zero-order valence-electron chi connectivity index (χ0n) is 15.2. The number of hydrogen-bond donors (Lipinski definition) is 0. The van der Waals surface area contributed by atoms with Crippen molar-refractivity contribution < 1.29 is 23.8 Å². The summed E-state index contributed by atoms with van der Waals surface area (Å²) in [5, 5.41) is -0.163. The first kappa shape index (κ1) is 19.4. The van der Waals surface area contributed by atoms with Gasteiger partial charge in [-0.25, -0.2) is 9.59 Å². The molecule has 1 saturated heterocycles. The lowest BCUT2D eigenvalue weighted by Gasteiger charge is -2.29. The molecule has 0 spiro atoms. The highest BCUT2D eigenvalue weighted by Gasteiger charge is 2.38. The number of likely N-dealkylation sites (tertiary alicyclic amines) is 1. The summed E-state index contributed by atoms with van der Waals surface area (Å²) in [5.74, 6) is -0.0828. The van der Waals surface area contributed by atoms with E-state index in [-0.39, 0.29) is 11.4 Å². The lowest BCUT2D eigenvalue weighted by atomic mass is 10.0. The van der Waals surface area contributed by atoms with E-state index in [2.05, 4.69) is 0 Å². The van der Waals surface area contributed by atoms with E-state index in [9.17, 15) is 9.59 Å². The van der Waals surface area contributed by atoms with Gasteiger partial charge in [0.2, 0.25) is 0 Å². The fraction of sp³-hybridized carbons (Fsp3) is 0.556. The van der Waals surface area contributed by atoms with Crippen molar-refractivity contribution in [3.8, 4) is 5.75 Å². The average molecular weight is 370 g/mol. The summed E-state index contributed by atoms with van der Waals surface area (Å²) in [5.41, 5.74) is 0.579. The maximum Gasteiger partial charge on any atom is 0.410 e. The Balaban J connectivity index is 2.31. The molecule has 6 nitrogen and oxygen atoms in total. The molecule has 1 aliphatic heterocycles. The Hall–Kier alpha value is -1.95. The third-order valence-electron chi connectivity index (χ3n) is 3.89. The molecule has 0 N–H and O–H groups in total. The van der Waals surface area contributed by atoms with Crippen LogP contribution in [0.25, 0.3) is 0 Å². The molecular weight excluding hydrogens is 346 g/mol. The van der Waals surface area contributed by atoms with E-state index < -0.39 is 17.7 Å². The van der Waals surface area contributed by atoms with Gasteiger partial charge < -0.3 is 14.2 Å². The van der Waals surface area contributed by atoms with E-state index >= 15 is 0 Å². The Morgan fingerprint density at radius 2 is 1.92 bits per heavy atom. The minimum Gasteiger partial charge on any atom is -0.496 e. The smallest absolute Gasteiger partial charge is 0.410 e. The molecule has 0 aliphatic carbocycles. The number of rotatable bonds is 3. The third kappa shape index (κ3) is 4.57. The van der Waals surface area contributed by atoms with Crippen LogP contribution in [0.5, 0.6) is 5.75 Å². The first-order valence-corrected chi connectivity index (χ1v) is 8.50. The molecule has 25 heavy (non-hydrogen) atoms. The number of carbonyl (C=O) groups is 2. The minimum atomic E-state index is -0.585. The molecule has 0 unspecified atom stereocenters. The van der Waals surface area contributed by atoms with Crippen LogP contribution in [0.3, 0.4) is 0 Å². The number of amides is 1. The number of alkyl halides is 1. The minimum absolute atomic E-state index is 0.163. The van der Waals surface area contributed by atoms with Gasteiger partial charge in [-0.2, -0.15) is 0 Å². The van der Waals surface area contributed by atoms with Gasteiger partial charge in [0.05, 0.1) is 25.6 Å². The van der Waals surface area contributed by atoms with E-state index in [1.165, 1.54) is 14.2 Å². The van der Waals surface area contributed by atoms with Gasteiger partial charge in [0, 0.05) is 6.54 Å². The number of ether oxygens (including phenoxy) is 3. The molecule has 2 atom stereocenters. The van der Waals surface area contributed by atoms with Gasteiger partial charge in [-0.1, -0.05) is 6.07 Å². The van der Waals surface area contributed by atoms with Crippen LogP contribution in [0.4, 0.5) is 4.79 Å². The Bertz CT molecular complexity index is 655. The maximum absolute atomic E-state index is 12.5. The summed E-state index contributed by atoms with van der Waals surface area (Å²) in [4.78, 5) is 25.9. The van der Waals surface area contributed by atoms with E-state index in [4.69, 9.17) is 25.8 Å². The van der Waals surface area contributed by atoms with Gasteiger partial charge in [-0.05, 0) is 44.9 Å². The van der Waals surface area contributed by atoms with Crippen LogP contribution in [-0.4, -0.2) is 48.7 Å². The van der Waals surface area contributed by atoms with Crippen LogP contribution < -0.4 is 4.74 Å². The maximum atomic E-state index is 12.5. The number of benzene rings is 1. The molecule has 2 rings (SSSR count). The molecule has 0 aromatic heterocycles. The van der Waals surface area contributed by atoms with Crippen molar-refractivity contribution in [1.29, 1.82) is 0 Å². The molecule has 1 aromatic carbocycles. The number of halogens is 1. The van der Waals surface area contributed by atoms with Crippen molar-refractivity contribution in [1.82, 2.24) is 4.90 Å².